The number of nitrogens with two attached hydrogens (primary N) is 1. The molecule has 0 saturated carbocycles. The zero-order valence-corrected chi connectivity index (χ0v) is 11.0. The summed E-state index contributed by atoms with van der Waals surface area (Å²) in [5.74, 6) is 1.66. The average molecular weight is 246 g/mol. The van der Waals surface area contributed by atoms with Crippen LogP contribution in [-0.2, 0) is 0 Å². The molecule has 18 heavy (non-hydrogen) atoms. The van der Waals surface area contributed by atoms with Crippen LogP contribution in [0.4, 0.5) is 0 Å². The van der Waals surface area contributed by atoms with Gasteiger partial charge in [0.25, 0.3) is 0 Å². The van der Waals surface area contributed by atoms with Gasteiger partial charge in [0.05, 0.1) is 6.61 Å². The van der Waals surface area contributed by atoms with Crippen molar-refractivity contribution in [1.82, 2.24) is 4.90 Å². The van der Waals surface area contributed by atoms with Gasteiger partial charge < -0.3 is 10.5 Å². The highest BCUT2D eigenvalue weighted by Crippen LogP contribution is 2.37. The number of hydrogen-bond acceptors (Lipinski definition) is 3. The van der Waals surface area contributed by atoms with Gasteiger partial charge >= 0.3 is 0 Å². The molecule has 1 aromatic rings. The van der Waals surface area contributed by atoms with E-state index in [9.17, 15) is 0 Å². The van der Waals surface area contributed by atoms with Crippen molar-refractivity contribution in [2.45, 2.75) is 31.8 Å². The maximum absolute atomic E-state index is 6.11. The van der Waals surface area contributed by atoms with Gasteiger partial charge in [-0.05, 0) is 18.4 Å². The Morgan fingerprint density at radius 3 is 2.94 bits per heavy atom. The lowest BCUT2D eigenvalue weighted by molar-refractivity contribution is 0.0869. The smallest absolute Gasteiger partial charge is 0.124 e. The molecule has 3 unspecified atom stereocenters. The van der Waals surface area contributed by atoms with E-state index in [4.69, 9.17) is 10.5 Å². The second-order valence-corrected chi connectivity index (χ2v) is 5.62. The van der Waals surface area contributed by atoms with E-state index >= 15 is 0 Å². The number of rotatable bonds is 1. The number of fused-ring (bicyclic) bond motifs is 1. The summed E-state index contributed by atoms with van der Waals surface area (Å²) in [6.45, 7) is 5.32. The molecule has 2 aliphatic heterocycles. The molecule has 2 heterocycles. The topological polar surface area (TPSA) is 38.5 Å². The summed E-state index contributed by atoms with van der Waals surface area (Å²) in [5.41, 5.74) is 7.47. The fourth-order valence-electron chi connectivity index (χ4n) is 3.18. The summed E-state index contributed by atoms with van der Waals surface area (Å²) in [6.07, 6.45) is 2.21. The first kappa shape index (κ1) is 12.0. The molecule has 0 spiro atoms. The van der Waals surface area contributed by atoms with Crippen LogP contribution in [0.3, 0.4) is 0 Å². The van der Waals surface area contributed by atoms with E-state index in [1.165, 1.54) is 5.56 Å². The number of hydrogen-bond donors (Lipinski definition) is 1. The third-order valence-electron chi connectivity index (χ3n) is 4.37. The van der Waals surface area contributed by atoms with Gasteiger partial charge in [-0.25, -0.2) is 0 Å². The monoisotopic (exact) mass is 246 g/mol. The largest absolute Gasteiger partial charge is 0.493 e. The Morgan fingerprint density at radius 1 is 1.28 bits per heavy atom. The highest BCUT2D eigenvalue weighted by molar-refractivity contribution is 5.37. The van der Waals surface area contributed by atoms with Crippen molar-refractivity contribution in [3.63, 3.8) is 0 Å². The molecule has 0 bridgehead atoms. The minimum absolute atomic E-state index is 0.372. The second kappa shape index (κ2) is 4.90. The number of nitrogens with zero attached hydrogens (tertiary/aromatic N) is 1. The predicted octanol–water partition coefficient (Wildman–Crippen LogP) is 2.18. The molecule has 3 nitrogen and oxygen atoms in total. The predicted molar refractivity (Wildman–Crippen MR) is 72.6 cm³/mol. The van der Waals surface area contributed by atoms with E-state index in [0.717, 1.165) is 38.3 Å². The summed E-state index contributed by atoms with van der Waals surface area (Å²) in [6, 6.07) is 9.34. The Morgan fingerprint density at radius 2 is 2.11 bits per heavy atom. The molecule has 3 rings (SSSR count). The third-order valence-corrected chi connectivity index (χ3v) is 4.37. The third kappa shape index (κ3) is 2.13. The van der Waals surface area contributed by atoms with Gasteiger partial charge in [-0.3, -0.25) is 4.90 Å². The van der Waals surface area contributed by atoms with E-state index in [-0.39, 0.29) is 0 Å². The van der Waals surface area contributed by atoms with Gasteiger partial charge in [0.2, 0.25) is 0 Å². The molecule has 1 fully saturated rings. The molecular formula is C15H22N2O. The maximum Gasteiger partial charge on any atom is 0.124 e. The Hall–Kier alpha value is -1.06. The molecule has 1 saturated heterocycles. The number of ether oxygens (including phenoxy) is 1. The number of benzene rings is 1. The zero-order valence-electron chi connectivity index (χ0n) is 11.0. The van der Waals surface area contributed by atoms with Crippen molar-refractivity contribution in [3.8, 4) is 5.75 Å². The molecule has 0 aliphatic carbocycles. The highest BCUT2D eigenvalue weighted by Gasteiger charge is 2.31. The van der Waals surface area contributed by atoms with Crippen LogP contribution in [0.5, 0.6) is 5.75 Å². The Labute approximate surface area is 109 Å². The van der Waals surface area contributed by atoms with Crippen LogP contribution in [0.25, 0.3) is 0 Å². The quantitative estimate of drug-likeness (QED) is 0.825. The minimum atomic E-state index is 0.372. The number of likely N-dealkylation sites (tertiary alicyclic amines) is 1. The van der Waals surface area contributed by atoms with Gasteiger partial charge in [0.15, 0.2) is 0 Å². The van der Waals surface area contributed by atoms with Gasteiger partial charge in [0, 0.05) is 37.2 Å². The molecule has 0 radical (unpaired) electrons. The number of para-hydroxylation sites is 1. The first-order chi connectivity index (χ1) is 8.75. The summed E-state index contributed by atoms with van der Waals surface area (Å²) in [4.78, 5) is 2.59. The summed E-state index contributed by atoms with van der Waals surface area (Å²) >= 11 is 0. The van der Waals surface area contributed by atoms with Crippen LogP contribution in [0.2, 0.25) is 0 Å². The van der Waals surface area contributed by atoms with Gasteiger partial charge in [-0.15, -0.1) is 0 Å². The molecule has 2 aliphatic rings. The molecule has 3 atom stereocenters. The molecule has 98 valence electrons. The SMILES string of the molecule is CC1CN(C2CCOc3ccccc32)CCC1N. The van der Waals surface area contributed by atoms with Crippen molar-refractivity contribution in [2.24, 2.45) is 11.7 Å². The molecule has 2 N–H and O–H groups in total. The maximum atomic E-state index is 6.11. The van der Waals surface area contributed by atoms with Crippen LogP contribution in [-0.4, -0.2) is 30.6 Å². The Bertz CT molecular complexity index is 421. The van der Waals surface area contributed by atoms with E-state index in [0.29, 0.717) is 18.0 Å². The van der Waals surface area contributed by atoms with Crippen LogP contribution in [0, 0.1) is 5.92 Å². The Balaban J connectivity index is 1.81. The van der Waals surface area contributed by atoms with Crippen LogP contribution in [0.1, 0.15) is 31.4 Å². The van der Waals surface area contributed by atoms with E-state index in [1.54, 1.807) is 0 Å². The molecule has 0 aromatic heterocycles. The summed E-state index contributed by atoms with van der Waals surface area (Å²) < 4.78 is 5.74. The van der Waals surface area contributed by atoms with Crippen molar-refractivity contribution in [1.29, 1.82) is 0 Å². The van der Waals surface area contributed by atoms with E-state index in [2.05, 4.69) is 36.1 Å². The lowest BCUT2D eigenvalue weighted by Gasteiger charge is -2.42. The average Bonchev–Trinajstić information content (AvgIpc) is 2.41. The lowest BCUT2D eigenvalue weighted by atomic mass is 9.90. The van der Waals surface area contributed by atoms with Crippen molar-refractivity contribution < 1.29 is 4.74 Å². The van der Waals surface area contributed by atoms with Crippen LogP contribution < -0.4 is 10.5 Å². The van der Waals surface area contributed by atoms with Gasteiger partial charge in [0.1, 0.15) is 5.75 Å². The van der Waals surface area contributed by atoms with E-state index in [1.807, 2.05) is 0 Å². The fraction of sp³-hybridized carbons (Fsp3) is 0.600. The fourth-order valence-corrected chi connectivity index (χ4v) is 3.18. The highest BCUT2D eigenvalue weighted by atomic mass is 16.5. The van der Waals surface area contributed by atoms with Crippen molar-refractivity contribution in [3.05, 3.63) is 29.8 Å². The molecule has 3 heteroatoms. The minimum Gasteiger partial charge on any atom is -0.493 e. The van der Waals surface area contributed by atoms with E-state index < -0.39 is 0 Å². The van der Waals surface area contributed by atoms with Gasteiger partial charge in [-0.2, -0.15) is 0 Å². The standard InChI is InChI=1S/C15H22N2O/c1-11-10-17(8-6-13(11)16)14-7-9-18-15-5-3-2-4-12(14)15/h2-5,11,13-14H,6-10,16H2,1H3. The van der Waals surface area contributed by atoms with Crippen molar-refractivity contribution >= 4 is 0 Å². The summed E-state index contributed by atoms with van der Waals surface area (Å²) in [5, 5.41) is 0. The first-order valence-electron chi connectivity index (χ1n) is 6.97. The molecule has 1 aromatic carbocycles. The van der Waals surface area contributed by atoms with Crippen LogP contribution in [0.15, 0.2) is 24.3 Å². The number of piperidine rings is 1. The Kier molecular flexibility index (Phi) is 3.27. The second-order valence-electron chi connectivity index (χ2n) is 5.62. The van der Waals surface area contributed by atoms with Gasteiger partial charge in [-0.1, -0.05) is 25.1 Å². The van der Waals surface area contributed by atoms with Crippen molar-refractivity contribution in [2.75, 3.05) is 19.7 Å². The lowest BCUT2D eigenvalue weighted by Crippen LogP contribution is -2.47. The summed E-state index contributed by atoms with van der Waals surface area (Å²) in [7, 11) is 0. The van der Waals surface area contributed by atoms with Crippen LogP contribution >= 0.6 is 0 Å². The zero-order chi connectivity index (χ0) is 12.5. The molecular weight excluding hydrogens is 224 g/mol. The normalized spacial score (nSPS) is 32.7. The first-order valence-corrected chi connectivity index (χ1v) is 6.97. The molecule has 0 amide bonds.